The Balaban J connectivity index is 1.94. The summed E-state index contributed by atoms with van der Waals surface area (Å²) < 4.78 is 14.4. The lowest BCUT2D eigenvalue weighted by Gasteiger charge is -2.10. The van der Waals surface area contributed by atoms with Crippen molar-refractivity contribution >= 4 is 22.4 Å². The lowest BCUT2D eigenvalue weighted by molar-refractivity contribution is 0.0949. The van der Waals surface area contributed by atoms with Crippen molar-refractivity contribution in [2.45, 2.75) is 33.2 Å². The molecule has 28 heavy (non-hydrogen) atoms. The highest BCUT2D eigenvalue weighted by atomic mass is 19.1. The van der Waals surface area contributed by atoms with Crippen LogP contribution in [0.25, 0.3) is 10.8 Å². The number of amides is 1. The zero-order valence-electron chi connectivity index (χ0n) is 15.8. The molecular weight excluding hydrogens is 359 g/mol. The first-order chi connectivity index (χ1) is 13.5. The third kappa shape index (κ3) is 4.14. The van der Waals surface area contributed by atoms with Crippen LogP contribution in [0.2, 0.25) is 0 Å². The molecule has 3 rings (SSSR count). The number of carbonyl (C=O) groups is 1. The van der Waals surface area contributed by atoms with Crippen molar-refractivity contribution in [3.05, 3.63) is 76.0 Å². The molecule has 0 aliphatic heterocycles. The molecular formula is C21H21FN4O2. The number of carbonyl (C=O) groups excluding carboxylic acids is 1. The van der Waals surface area contributed by atoms with Gasteiger partial charge in [-0.15, -0.1) is 0 Å². The third-order valence-corrected chi connectivity index (χ3v) is 4.39. The predicted octanol–water partition coefficient (Wildman–Crippen LogP) is 3.49. The second-order valence-electron chi connectivity index (χ2n) is 6.42. The summed E-state index contributed by atoms with van der Waals surface area (Å²) in [4.78, 5) is 25.3. The van der Waals surface area contributed by atoms with Gasteiger partial charge < -0.3 is 0 Å². The summed E-state index contributed by atoms with van der Waals surface area (Å²) in [6.45, 7) is 4.17. The Bertz CT molecular complexity index is 1090. The molecule has 0 unspecified atom stereocenters. The average Bonchev–Trinajstić information content (AvgIpc) is 2.72. The van der Waals surface area contributed by atoms with Crippen LogP contribution in [0.4, 0.5) is 4.39 Å². The van der Waals surface area contributed by atoms with Gasteiger partial charge in [-0.25, -0.2) is 14.5 Å². The summed E-state index contributed by atoms with van der Waals surface area (Å²) in [5.74, 6) is -0.853. The van der Waals surface area contributed by atoms with Crippen molar-refractivity contribution in [3.63, 3.8) is 0 Å². The monoisotopic (exact) mass is 380 g/mol. The van der Waals surface area contributed by atoms with Crippen LogP contribution in [0.15, 0.2) is 58.4 Å². The smallest absolute Gasteiger partial charge is 0.267 e. The van der Waals surface area contributed by atoms with Crippen molar-refractivity contribution < 1.29 is 9.18 Å². The van der Waals surface area contributed by atoms with Gasteiger partial charge in [0, 0.05) is 11.9 Å². The van der Waals surface area contributed by atoms with Crippen LogP contribution in [0.5, 0.6) is 0 Å². The number of fused-ring (bicyclic) bond motifs is 1. The molecule has 144 valence electrons. The summed E-state index contributed by atoms with van der Waals surface area (Å²) in [6, 6.07) is 12.7. The molecule has 0 aliphatic carbocycles. The molecule has 1 heterocycles. The summed E-state index contributed by atoms with van der Waals surface area (Å²) in [5.41, 5.74) is 3.62. The van der Waals surface area contributed by atoms with Crippen molar-refractivity contribution in [1.82, 2.24) is 15.2 Å². The molecule has 0 radical (unpaired) electrons. The average molecular weight is 380 g/mol. The van der Waals surface area contributed by atoms with E-state index < -0.39 is 5.91 Å². The molecule has 6 nitrogen and oxygen atoms in total. The molecule has 3 aromatic rings. The zero-order valence-corrected chi connectivity index (χ0v) is 15.8. The van der Waals surface area contributed by atoms with E-state index in [9.17, 15) is 14.0 Å². The van der Waals surface area contributed by atoms with Crippen molar-refractivity contribution in [2.24, 2.45) is 5.10 Å². The van der Waals surface area contributed by atoms with E-state index in [1.807, 2.05) is 6.92 Å². The van der Waals surface area contributed by atoms with Gasteiger partial charge in [0.25, 0.3) is 11.5 Å². The van der Waals surface area contributed by atoms with E-state index in [0.717, 1.165) is 12.8 Å². The minimum Gasteiger partial charge on any atom is -0.267 e. The van der Waals surface area contributed by atoms with Crippen LogP contribution < -0.4 is 11.0 Å². The Hall–Kier alpha value is -3.35. The Kier molecular flexibility index (Phi) is 5.93. The van der Waals surface area contributed by atoms with Crippen molar-refractivity contribution in [2.75, 3.05) is 0 Å². The molecule has 1 N–H and O–H groups in total. The van der Waals surface area contributed by atoms with E-state index >= 15 is 0 Å². The van der Waals surface area contributed by atoms with E-state index in [0.29, 0.717) is 28.6 Å². The summed E-state index contributed by atoms with van der Waals surface area (Å²) in [6.07, 6.45) is 1.69. The normalized spacial score (nSPS) is 11.6. The van der Waals surface area contributed by atoms with Crippen LogP contribution in [0.3, 0.4) is 0 Å². The number of hydrogen-bond donors (Lipinski definition) is 1. The number of hydrogen-bond acceptors (Lipinski definition) is 4. The number of nitrogens with zero attached hydrogens (tertiary/aromatic N) is 3. The van der Waals surface area contributed by atoms with Gasteiger partial charge >= 0.3 is 0 Å². The fourth-order valence-corrected chi connectivity index (χ4v) is 2.81. The van der Waals surface area contributed by atoms with Crippen molar-refractivity contribution in [3.8, 4) is 0 Å². The standard InChI is InChI=1S/C21H21FN4O2/c1-3-4-13-26-21(28)18-8-6-5-7-17(18)19(25-26)20(27)24-23-14(2)15-9-11-16(22)12-10-15/h5-12H,3-4,13H2,1-2H3,(H,24,27)/b23-14-. The highest BCUT2D eigenvalue weighted by Crippen LogP contribution is 2.13. The number of aromatic nitrogens is 2. The van der Waals surface area contributed by atoms with Gasteiger partial charge in [-0.1, -0.05) is 43.7 Å². The molecule has 2 aromatic carbocycles. The quantitative estimate of drug-likeness (QED) is 0.525. The number of nitrogens with one attached hydrogen (secondary N) is 1. The van der Waals surface area contributed by atoms with Crippen LogP contribution in [-0.4, -0.2) is 21.4 Å². The van der Waals surface area contributed by atoms with E-state index in [-0.39, 0.29) is 17.1 Å². The van der Waals surface area contributed by atoms with Gasteiger partial charge in [-0.05, 0) is 37.1 Å². The zero-order chi connectivity index (χ0) is 20.1. The molecule has 0 saturated carbocycles. The van der Waals surface area contributed by atoms with Crippen LogP contribution in [0.1, 0.15) is 42.7 Å². The summed E-state index contributed by atoms with van der Waals surface area (Å²) in [7, 11) is 0. The summed E-state index contributed by atoms with van der Waals surface area (Å²) in [5, 5.41) is 9.28. The molecule has 0 bridgehead atoms. The molecule has 7 heteroatoms. The molecule has 0 fully saturated rings. The number of unbranched alkanes of at least 4 members (excludes halogenated alkanes) is 1. The second-order valence-corrected chi connectivity index (χ2v) is 6.42. The third-order valence-electron chi connectivity index (χ3n) is 4.39. The highest BCUT2D eigenvalue weighted by molar-refractivity contribution is 6.06. The van der Waals surface area contributed by atoms with E-state index in [4.69, 9.17) is 0 Å². The number of halogens is 1. The van der Waals surface area contributed by atoms with Gasteiger partial charge in [-0.2, -0.15) is 10.2 Å². The predicted molar refractivity (Wildman–Crippen MR) is 107 cm³/mol. The highest BCUT2D eigenvalue weighted by Gasteiger charge is 2.16. The summed E-state index contributed by atoms with van der Waals surface area (Å²) >= 11 is 0. The largest absolute Gasteiger partial charge is 0.292 e. The maximum Gasteiger partial charge on any atom is 0.292 e. The Morgan fingerprint density at radius 3 is 2.50 bits per heavy atom. The van der Waals surface area contributed by atoms with Gasteiger partial charge in [0.1, 0.15) is 5.82 Å². The number of aryl methyl sites for hydroxylation is 1. The van der Waals surface area contributed by atoms with Crippen LogP contribution >= 0.6 is 0 Å². The molecule has 1 aromatic heterocycles. The lowest BCUT2D eigenvalue weighted by Crippen LogP contribution is -2.29. The van der Waals surface area contributed by atoms with Crippen molar-refractivity contribution in [1.29, 1.82) is 0 Å². The first-order valence-corrected chi connectivity index (χ1v) is 9.11. The number of rotatable bonds is 6. The lowest BCUT2D eigenvalue weighted by atomic mass is 10.1. The SMILES string of the molecule is CCCCn1nc(C(=O)N/N=C(/C)c2ccc(F)cc2)c2ccccc2c1=O. The Morgan fingerprint density at radius 2 is 1.82 bits per heavy atom. The van der Waals surface area contributed by atoms with E-state index in [1.54, 1.807) is 43.3 Å². The fraction of sp³-hybridized carbons (Fsp3) is 0.238. The molecule has 0 atom stereocenters. The number of hydrazone groups is 1. The maximum absolute atomic E-state index is 13.0. The maximum atomic E-state index is 13.0. The molecule has 0 saturated heterocycles. The Morgan fingerprint density at radius 1 is 1.14 bits per heavy atom. The van der Waals surface area contributed by atoms with Crippen LogP contribution in [-0.2, 0) is 6.54 Å². The van der Waals surface area contributed by atoms with Gasteiger partial charge in [0.05, 0.1) is 11.1 Å². The minimum absolute atomic E-state index is 0.141. The molecule has 0 spiro atoms. The fourth-order valence-electron chi connectivity index (χ4n) is 2.81. The Labute approximate surface area is 161 Å². The van der Waals surface area contributed by atoms with Crippen LogP contribution in [0, 0.1) is 5.82 Å². The molecule has 0 aliphatic rings. The van der Waals surface area contributed by atoms with E-state index in [1.165, 1.54) is 16.8 Å². The molecule has 1 amide bonds. The van der Waals surface area contributed by atoms with Gasteiger partial charge in [0.2, 0.25) is 0 Å². The minimum atomic E-state index is -0.511. The van der Waals surface area contributed by atoms with Gasteiger partial charge in [0.15, 0.2) is 5.69 Å². The topological polar surface area (TPSA) is 76.3 Å². The van der Waals surface area contributed by atoms with E-state index in [2.05, 4.69) is 15.6 Å². The first-order valence-electron chi connectivity index (χ1n) is 9.11. The number of benzene rings is 2. The van der Waals surface area contributed by atoms with Gasteiger partial charge in [-0.3, -0.25) is 9.59 Å². The second kappa shape index (κ2) is 8.56. The first kappa shape index (κ1) is 19.4.